The van der Waals surface area contributed by atoms with E-state index in [4.69, 9.17) is 5.26 Å². The van der Waals surface area contributed by atoms with Gasteiger partial charge in [-0.05, 0) is 17.7 Å². The fourth-order valence-electron chi connectivity index (χ4n) is 2.35. The Kier molecular flexibility index (Phi) is 4.74. The lowest BCUT2D eigenvalue weighted by Gasteiger charge is -2.12. The number of thioether (sulfide) groups is 1. The summed E-state index contributed by atoms with van der Waals surface area (Å²) in [5, 5.41) is 10.0. The van der Waals surface area contributed by atoms with Gasteiger partial charge in [-0.15, -0.1) is 0 Å². The van der Waals surface area contributed by atoms with Crippen LogP contribution in [0.1, 0.15) is 12.0 Å². The Bertz CT molecular complexity index is 913. The van der Waals surface area contributed by atoms with Gasteiger partial charge in [0.15, 0.2) is 5.16 Å². The van der Waals surface area contributed by atoms with Gasteiger partial charge in [0.2, 0.25) is 0 Å². The molecule has 0 bridgehead atoms. The standard InChI is InChI=1S/C18H15N3OS/c19-11-6-12-23-18-20-16-10-5-4-9-15(16)17(22)21(18)13-14-7-2-1-3-8-14/h1-5,7-10H,6,12-13H2. The molecule has 114 valence electrons. The quantitative estimate of drug-likeness (QED) is 0.410. The summed E-state index contributed by atoms with van der Waals surface area (Å²) >= 11 is 1.45. The molecule has 0 atom stereocenters. The molecule has 0 fully saturated rings. The molecule has 0 amide bonds. The molecule has 0 saturated heterocycles. The topological polar surface area (TPSA) is 58.7 Å². The predicted octanol–water partition coefficient (Wildman–Crippen LogP) is 3.45. The Morgan fingerprint density at radius 2 is 1.83 bits per heavy atom. The normalized spacial score (nSPS) is 10.6. The fraction of sp³-hybridized carbons (Fsp3) is 0.167. The molecule has 5 heteroatoms. The lowest BCUT2D eigenvalue weighted by molar-refractivity contribution is 0.658. The molecule has 0 saturated carbocycles. The SMILES string of the molecule is N#CCCSc1nc2ccccc2c(=O)n1Cc1ccccc1. The lowest BCUT2D eigenvalue weighted by Crippen LogP contribution is -2.24. The summed E-state index contributed by atoms with van der Waals surface area (Å²) in [7, 11) is 0. The zero-order valence-corrected chi connectivity index (χ0v) is 13.3. The van der Waals surface area contributed by atoms with Crippen molar-refractivity contribution < 1.29 is 0 Å². The number of hydrogen-bond acceptors (Lipinski definition) is 4. The second-order valence-electron chi connectivity index (χ2n) is 5.04. The van der Waals surface area contributed by atoms with Crippen molar-refractivity contribution in [3.63, 3.8) is 0 Å². The van der Waals surface area contributed by atoms with E-state index in [-0.39, 0.29) is 5.56 Å². The number of nitriles is 1. The van der Waals surface area contributed by atoms with Gasteiger partial charge in [-0.3, -0.25) is 9.36 Å². The van der Waals surface area contributed by atoms with Crippen LogP contribution in [0.2, 0.25) is 0 Å². The van der Waals surface area contributed by atoms with Gasteiger partial charge in [-0.2, -0.15) is 5.26 Å². The maximum atomic E-state index is 12.8. The summed E-state index contributed by atoms with van der Waals surface area (Å²) in [6.07, 6.45) is 0.429. The lowest BCUT2D eigenvalue weighted by atomic mass is 10.2. The smallest absolute Gasteiger partial charge is 0.262 e. The first-order valence-corrected chi connectivity index (χ1v) is 8.31. The zero-order valence-electron chi connectivity index (χ0n) is 12.5. The van der Waals surface area contributed by atoms with Crippen molar-refractivity contribution in [2.75, 3.05) is 5.75 Å². The third kappa shape index (κ3) is 3.43. The van der Waals surface area contributed by atoms with Gasteiger partial charge in [-0.25, -0.2) is 4.98 Å². The van der Waals surface area contributed by atoms with Crippen molar-refractivity contribution in [1.29, 1.82) is 5.26 Å². The van der Waals surface area contributed by atoms with Crippen molar-refractivity contribution in [3.05, 3.63) is 70.5 Å². The van der Waals surface area contributed by atoms with Crippen LogP contribution in [0.5, 0.6) is 0 Å². The van der Waals surface area contributed by atoms with E-state index < -0.39 is 0 Å². The van der Waals surface area contributed by atoms with Gasteiger partial charge in [0.05, 0.1) is 23.5 Å². The molecule has 0 unspecified atom stereocenters. The molecule has 0 aliphatic heterocycles. The third-order valence-electron chi connectivity index (χ3n) is 3.46. The van der Waals surface area contributed by atoms with Crippen LogP contribution in [0.4, 0.5) is 0 Å². The van der Waals surface area contributed by atoms with Crippen LogP contribution >= 0.6 is 11.8 Å². The van der Waals surface area contributed by atoms with Crippen LogP contribution < -0.4 is 5.56 Å². The van der Waals surface area contributed by atoms with Crippen molar-refractivity contribution in [2.24, 2.45) is 0 Å². The maximum absolute atomic E-state index is 12.8. The summed E-state index contributed by atoms with van der Waals surface area (Å²) in [4.78, 5) is 17.5. The number of nitrogens with zero attached hydrogens (tertiary/aromatic N) is 3. The summed E-state index contributed by atoms with van der Waals surface area (Å²) in [5.74, 6) is 0.621. The zero-order chi connectivity index (χ0) is 16.1. The Balaban J connectivity index is 2.08. The monoisotopic (exact) mass is 321 g/mol. The van der Waals surface area contributed by atoms with Gasteiger partial charge in [-0.1, -0.05) is 54.2 Å². The Morgan fingerprint density at radius 1 is 1.09 bits per heavy atom. The Morgan fingerprint density at radius 3 is 2.61 bits per heavy atom. The van der Waals surface area contributed by atoms with E-state index in [1.807, 2.05) is 48.5 Å². The molecule has 0 aliphatic carbocycles. The molecule has 23 heavy (non-hydrogen) atoms. The van der Waals surface area contributed by atoms with E-state index in [1.165, 1.54) is 11.8 Å². The number of aromatic nitrogens is 2. The molecular weight excluding hydrogens is 306 g/mol. The average Bonchev–Trinajstić information content (AvgIpc) is 2.59. The number of para-hydroxylation sites is 1. The first-order chi connectivity index (χ1) is 11.3. The average molecular weight is 321 g/mol. The van der Waals surface area contributed by atoms with Crippen LogP contribution in [-0.2, 0) is 6.54 Å². The number of fused-ring (bicyclic) bond motifs is 1. The first-order valence-electron chi connectivity index (χ1n) is 7.33. The third-order valence-corrected chi connectivity index (χ3v) is 4.43. The van der Waals surface area contributed by atoms with E-state index >= 15 is 0 Å². The Labute approximate surface area is 138 Å². The van der Waals surface area contributed by atoms with Crippen LogP contribution in [-0.4, -0.2) is 15.3 Å². The molecular formula is C18H15N3OS. The molecule has 0 radical (unpaired) electrons. The minimum absolute atomic E-state index is 0.0427. The molecule has 1 aromatic heterocycles. The molecule has 0 N–H and O–H groups in total. The van der Waals surface area contributed by atoms with Gasteiger partial charge >= 0.3 is 0 Å². The van der Waals surface area contributed by atoms with Crippen LogP contribution in [0.25, 0.3) is 10.9 Å². The van der Waals surface area contributed by atoms with Crippen LogP contribution in [0.15, 0.2) is 64.5 Å². The molecule has 4 nitrogen and oxygen atoms in total. The maximum Gasteiger partial charge on any atom is 0.262 e. The van der Waals surface area contributed by atoms with Crippen LogP contribution in [0, 0.1) is 11.3 Å². The minimum Gasteiger partial charge on any atom is -0.283 e. The second-order valence-corrected chi connectivity index (χ2v) is 6.11. The molecule has 0 aliphatic rings. The Hall–Kier alpha value is -2.58. The highest BCUT2D eigenvalue weighted by molar-refractivity contribution is 7.99. The highest BCUT2D eigenvalue weighted by atomic mass is 32.2. The molecule has 1 heterocycles. The highest BCUT2D eigenvalue weighted by Gasteiger charge is 2.11. The highest BCUT2D eigenvalue weighted by Crippen LogP contribution is 2.19. The molecule has 0 spiro atoms. The van der Waals surface area contributed by atoms with Crippen LogP contribution in [0.3, 0.4) is 0 Å². The summed E-state index contributed by atoms with van der Waals surface area (Å²) in [6, 6.07) is 19.3. The molecule has 3 aromatic rings. The number of hydrogen-bond donors (Lipinski definition) is 0. The van der Waals surface area contributed by atoms with Gasteiger partial charge in [0.1, 0.15) is 0 Å². The summed E-state index contributed by atoms with van der Waals surface area (Å²) in [5.41, 5.74) is 1.70. The molecule has 3 rings (SSSR count). The fourth-order valence-corrected chi connectivity index (χ4v) is 3.19. The van der Waals surface area contributed by atoms with Gasteiger partial charge in [0, 0.05) is 12.2 Å². The van der Waals surface area contributed by atoms with Crippen molar-refractivity contribution >= 4 is 22.7 Å². The minimum atomic E-state index is -0.0427. The van der Waals surface area contributed by atoms with Crippen molar-refractivity contribution in [3.8, 4) is 6.07 Å². The van der Waals surface area contributed by atoms with Gasteiger partial charge in [0.25, 0.3) is 5.56 Å². The number of benzene rings is 2. The van der Waals surface area contributed by atoms with E-state index in [2.05, 4.69) is 11.1 Å². The van der Waals surface area contributed by atoms with Crippen molar-refractivity contribution in [1.82, 2.24) is 9.55 Å². The largest absolute Gasteiger partial charge is 0.283 e. The number of rotatable bonds is 5. The summed E-state index contributed by atoms with van der Waals surface area (Å²) < 4.78 is 1.69. The van der Waals surface area contributed by atoms with E-state index in [9.17, 15) is 4.79 Å². The first kappa shape index (κ1) is 15.3. The van der Waals surface area contributed by atoms with E-state index in [0.717, 1.165) is 5.56 Å². The van der Waals surface area contributed by atoms with Crippen molar-refractivity contribution in [2.45, 2.75) is 18.1 Å². The molecule has 2 aromatic carbocycles. The van der Waals surface area contributed by atoms with Gasteiger partial charge < -0.3 is 0 Å². The predicted molar refractivity (Wildman–Crippen MR) is 92.5 cm³/mol. The van der Waals surface area contributed by atoms with E-state index in [1.54, 1.807) is 10.6 Å². The second kappa shape index (κ2) is 7.12. The summed E-state index contributed by atoms with van der Waals surface area (Å²) in [6.45, 7) is 0.479. The van der Waals surface area contributed by atoms with E-state index in [0.29, 0.717) is 34.8 Å².